The number of sulfonamides is 1. The van der Waals surface area contributed by atoms with Crippen molar-refractivity contribution in [2.24, 2.45) is 5.92 Å². The molecular weight excluding hydrogens is 494 g/mol. The molecule has 3 aromatic rings. The molecule has 1 heterocycles. The molecule has 1 atom stereocenters. The topological polar surface area (TPSA) is 69.7 Å². The van der Waals surface area contributed by atoms with E-state index in [2.05, 4.69) is 29.3 Å². The van der Waals surface area contributed by atoms with Crippen LogP contribution in [0.2, 0.25) is 5.02 Å². The molecule has 190 valence electrons. The lowest BCUT2D eigenvalue weighted by molar-refractivity contribution is -0.119. The van der Waals surface area contributed by atoms with Crippen molar-refractivity contribution in [3.63, 3.8) is 0 Å². The number of rotatable bonds is 8. The van der Waals surface area contributed by atoms with Crippen LogP contribution in [0.5, 0.6) is 0 Å². The standard InChI is InChI=1S/C28H32ClN3O3S/c1-21-5-3-7-26(17-21)32(36(34,35)27-14-10-24(29)11-15-27)20-28(33)30-18-23-8-12-25(13-9-23)31-16-4-6-22(2)19-31/h3,5,7-15,17,22H,4,6,16,18-20H2,1-2H3,(H,30,33). The van der Waals surface area contributed by atoms with Gasteiger partial charge in [-0.05, 0) is 85.3 Å². The zero-order valence-corrected chi connectivity index (χ0v) is 22.2. The highest BCUT2D eigenvalue weighted by Crippen LogP contribution is 2.26. The van der Waals surface area contributed by atoms with Gasteiger partial charge in [-0.2, -0.15) is 0 Å². The van der Waals surface area contributed by atoms with Crippen molar-refractivity contribution in [2.75, 3.05) is 28.8 Å². The summed E-state index contributed by atoms with van der Waals surface area (Å²) < 4.78 is 28.1. The normalized spacial score (nSPS) is 16.0. The first-order valence-electron chi connectivity index (χ1n) is 12.2. The van der Waals surface area contributed by atoms with Crippen LogP contribution in [0.1, 0.15) is 30.9 Å². The Morgan fingerprint density at radius 1 is 1.08 bits per heavy atom. The van der Waals surface area contributed by atoms with E-state index in [0.29, 0.717) is 23.2 Å². The summed E-state index contributed by atoms with van der Waals surface area (Å²) in [6, 6.07) is 21.2. The van der Waals surface area contributed by atoms with Crippen molar-refractivity contribution in [2.45, 2.75) is 38.1 Å². The molecule has 0 spiro atoms. The first kappa shape index (κ1) is 26.0. The van der Waals surface area contributed by atoms with E-state index in [1.165, 1.54) is 42.8 Å². The van der Waals surface area contributed by atoms with Crippen molar-refractivity contribution >= 4 is 38.9 Å². The zero-order chi connectivity index (χ0) is 25.7. The number of anilines is 2. The number of hydrogen-bond donors (Lipinski definition) is 1. The third kappa shape index (κ3) is 6.39. The molecule has 1 amide bonds. The van der Waals surface area contributed by atoms with E-state index in [1.54, 1.807) is 18.2 Å². The first-order valence-corrected chi connectivity index (χ1v) is 14.0. The third-order valence-electron chi connectivity index (χ3n) is 6.43. The molecule has 3 aromatic carbocycles. The Hall–Kier alpha value is -3.03. The van der Waals surface area contributed by atoms with Crippen molar-refractivity contribution in [1.29, 1.82) is 0 Å². The van der Waals surface area contributed by atoms with Crippen LogP contribution in [0.25, 0.3) is 0 Å². The number of nitrogens with one attached hydrogen (secondary N) is 1. The minimum atomic E-state index is -3.98. The van der Waals surface area contributed by atoms with E-state index in [1.807, 2.05) is 25.1 Å². The number of benzene rings is 3. The lowest BCUT2D eigenvalue weighted by Crippen LogP contribution is -2.40. The number of carbonyl (C=O) groups is 1. The molecule has 6 nitrogen and oxygen atoms in total. The molecule has 1 aliphatic heterocycles. The highest BCUT2D eigenvalue weighted by molar-refractivity contribution is 7.92. The van der Waals surface area contributed by atoms with E-state index in [9.17, 15) is 13.2 Å². The Balaban J connectivity index is 1.46. The number of nitrogens with zero attached hydrogens (tertiary/aromatic N) is 2. The SMILES string of the molecule is Cc1cccc(N(CC(=O)NCc2ccc(N3CCCC(C)C3)cc2)S(=O)(=O)c2ccc(Cl)cc2)c1. The molecule has 1 N–H and O–H groups in total. The van der Waals surface area contributed by atoms with Crippen LogP contribution in [0.3, 0.4) is 0 Å². The summed E-state index contributed by atoms with van der Waals surface area (Å²) in [5.41, 5.74) is 3.48. The van der Waals surface area contributed by atoms with Gasteiger partial charge in [-0.25, -0.2) is 8.42 Å². The summed E-state index contributed by atoms with van der Waals surface area (Å²) in [6.07, 6.45) is 2.48. The molecule has 36 heavy (non-hydrogen) atoms. The van der Waals surface area contributed by atoms with Crippen LogP contribution >= 0.6 is 11.6 Å². The van der Waals surface area contributed by atoms with Crippen LogP contribution in [-0.2, 0) is 21.4 Å². The van der Waals surface area contributed by atoms with Crippen molar-refractivity contribution in [3.8, 4) is 0 Å². The van der Waals surface area contributed by atoms with Gasteiger partial charge in [0.1, 0.15) is 6.54 Å². The molecule has 0 radical (unpaired) electrons. The minimum Gasteiger partial charge on any atom is -0.371 e. The summed E-state index contributed by atoms with van der Waals surface area (Å²) in [7, 11) is -3.98. The lowest BCUT2D eigenvalue weighted by atomic mass is 9.99. The molecule has 0 bridgehead atoms. The zero-order valence-electron chi connectivity index (χ0n) is 20.7. The second-order valence-electron chi connectivity index (χ2n) is 9.44. The third-order valence-corrected chi connectivity index (χ3v) is 8.47. The maximum absolute atomic E-state index is 13.5. The maximum atomic E-state index is 13.5. The van der Waals surface area contributed by atoms with E-state index >= 15 is 0 Å². The lowest BCUT2D eigenvalue weighted by Gasteiger charge is -2.32. The number of carbonyl (C=O) groups excluding carboxylic acids is 1. The predicted octanol–water partition coefficient (Wildman–Crippen LogP) is 5.40. The monoisotopic (exact) mass is 525 g/mol. The van der Waals surface area contributed by atoms with Gasteiger partial charge in [0.25, 0.3) is 10.0 Å². The number of piperidine rings is 1. The van der Waals surface area contributed by atoms with Crippen molar-refractivity contribution in [3.05, 3.63) is 88.9 Å². The van der Waals surface area contributed by atoms with Crippen LogP contribution in [0.4, 0.5) is 11.4 Å². The van der Waals surface area contributed by atoms with Crippen molar-refractivity contribution in [1.82, 2.24) is 5.32 Å². The molecule has 8 heteroatoms. The first-order chi connectivity index (χ1) is 17.2. The summed E-state index contributed by atoms with van der Waals surface area (Å²) in [5.74, 6) is 0.307. The smallest absolute Gasteiger partial charge is 0.264 e. The average molecular weight is 526 g/mol. The summed E-state index contributed by atoms with van der Waals surface area (Å²) in [4.78, 5) is 15.4. The van der Waals surface area contributed by atoms with Gasteiger partial charge in [0.15, 0.2) is 0 Å². The Morgan fingerprint density at radius 2 is 1.81 bits per heavy atom. The Labute approximate surface area is 218 Å². The summed E-state index contributed by atoms with van der Waals surface area (Å²) in [6.45, 7) is 6.27. The van der Waals surface area contributed by atoms with Crippen molar-refractivity contribution < 1.29 is 13.2 Å². The molecule has 1 saturated heterocycles. The molecule has 0 aromatic heterocycles. The van der Waals surface area contributed by atoms with Gasteiger partial charge in [-0.3, -0.25) is 9.10 Å². The molecule has 1 unspecified atom stereocenters. The van der Waals surface area contributed by atoms with Crippen LogP contribution in [0, 0.1) is 12.8 Å². The fourth-order valence-corrected chi connectivity index (χ4v) is 6.01. The van der Waals surface area contributed by atoms with Gasteiger partial charge in [0.2, 0.25) is 5.91 Å². The Bertz CT molecular complexity index is 1290. The second kappa shape index (κ2) is 11.4. The van der Waals surface area contributed by atoms with E-state index < -0.39 is 10.0 Å². The van der Waals surface area contributed by atoms with E-state index in [-0.39, 0.29) is 17.3 Å². The van der Waals surface area contributed by atoms with Gasteiger partial charge in [-0.1, -0.05) is 42.8 Å². The highest BCUT2D eigenvalue weighted by atomic mass is 35.5. The molecule has 0 saturated carbocycles. The van der Waals surface area contributed by atoms with Gasteiger partial charge < -0.3 is 10.2 Å². The van der Waals surface area contributed by atoms with E-state index in [4.69, 9.17) is 11.6 Å². The van der Waals surface area contributed by atoms with Gasteiger partial charge in [0.05, 0.1) is 10.6 Å². The fraction of sp³-hybridized carbons (Fsp3) is 0.321. The molecule has 1 fully saturated rings. The van der Waals surface area contributed by atoms with Crippen LogP contribution < -0.4 is 14.5 Å². The summed E-state index contributed by atoms with van der Waals surface area (Å²) in [5, 5.41) is 3.31. The highest BCUT2D eigenvalue weighted by Gasteiger charge is 2.27. The Morgan fingerprint density at radius 3 is 2.47 bits per heavy atom. The largest absolute Gasteiger partial charge is 0.371 e. The quantitative estimate of drug-likeness (QED) is 0.427. The number of aryl methyl sites for hydroxylation is 1. The van der Waals surface area contributed by atoms with Crippen LogP contribution in [-0.4, -0.2) is 34.0 Å². The van der Waals surface area contributed by atoms with Gasteiger partial charge in [-0.15, -0.1) is 0 Å². The number of hydrogen-bond acceptors (Lipinski definition) is 4. The molecular formula is C28H32ClN3O3S. The van der Waals surface area contributed by atoms with E-state index in [0.717, 1.165) is 28.5 Å². The number of amides is 1. The number of halogens is 1. The van der Waals surface area contributed by atoms with Crippen LogP contribution in [0.15, 0.2) is 77.7 Å². The molecule has 1 aliphatic rings. The fourth-order valence-electron chi connectivity index (χ4n) is 4.47. The van der Waals surface area contributed by atoms with Gasteiger partial charge in [0, 0.05) is 30.3 Å². The minimum absolute atomic E-state index is 0.0730. The van der Waals surface area contributed by atoms with Gasteiger partial charge >= 0.3 is 0 Å². The Kier molecular flexibility index (Phi) is 8.21. The predicted molar refractivity (Wildman–Crippen MR) is 146 cm³/mol. The second-order valence-corrected chi connectivity index (χ2v) is 11.7. The summed E-state index contributed by atoms with van der Waals surface area (Å²) >= 11 is 5.95. The average Bonchev–Trinajstić information content (AvgIpc) is 2.86. The molecule has 4 rings (SSSR count). The maximum Gasteiger partial charge on any atom is 0.264 e. The molecule has 0 aliphatic carbocycles.